The van der Waals surface area contributed by atoms with Crippen LogP contribution >= 0.6 is 0 Å². The molecule has 6 saturated heterocycles. The van der Waals surface area contributed by atoms with Crippen LogP contribution in [0.15, 0.2) is 60.3 Å². The average molecular weight is 959 g/mol. The minimum Gasteiger partial charge on any atom is -0.459 e. The van der Waals surface area contributed by atoms with Gasteiger partial charge in [0.2, 0.25) is 5.79 Å². The van der Waals surface area contributed by atoms with Crippen LogP contribution in [-0.4, -0.2) is 147 Å². The van der Waals surface area contributed by atoms with Crippen molar-refractivity contribution in [2.75, 3.05) is 19.8 Å². The van der Waals surface area contributed by atoms with E-state index < -0.39 is 77.8 Å². The number of rotatable bonds is 17. The summed E-state index contributed by atoms with van der Waals surface area (Å²) in [7, 11) is 0. The van der Waals surface area contributed by atoms with Crippen LogP contribution in [0.3, 0.4) is 0 Å². The van der Waals surface area contributed by atoms with Crippen molar-refractivity contribution < 1.29 is 73.3 Å². The lowest BCUT2D eigenvalue weighted by Gasteiger charge is -2.50. The summed E-state index contributed by atoms with van der Waals surface area (Å²) in [6.07, 6.45) is 8.46. The Morgan fingerprint density at radius 3 is 2.47 bits per heavy atom. The minimum atomic E-state index is -1.91. The standard InChI is InChI=1S/C53H82O15/c1-31-26-43(66-53(28-31)44(57)14-13-39(65-53)29-50(8,60)49(59)61-30-32(2)25-35(5)40(55)18-23-54)33(3)11-12-38-16-21-52(64-38)22-17-42-48(68-52)45(58)37(7)47(63-42)41(56)27-36(6)46-34(4)15-20-51(67-46)19-9-10-24-62-51/h11-12,28,33-34,36,38-48,54-58,60H,2,5,7,9-10,13-27,29-30H2,1,3-4,6,8H3/b12-11+/t33-,34-,36+,38+,39+,40?,41+,42-,43+,44-,45-,46+,47+,48-,50-,51+,52-,53-/m1/s1. The number of hydrogen-bond acceptors (Lipinski definition) is 15. The Morgan fingerprint density at radius 2 is 1.74 bits per heavy atom. The first-order valence-corrected chi connectivity index (χ1v) is 25.5. The molecule has 1 unspecified atom stereocenters. The molecule has 3 spiro atoms. The van der Waals surface area contributed by atoms with Gasteiger partial charge in [0.25, 0.3) is 0 Å². The van der Waals surface area contributed by atoms with Crippen LogP contribution in [0.2, 0.25) is 0 Å². The van der Waals surface area contributed by atoms with Crippen molar-refractivity contribution in [3.63, 3.8) is 0 Å². The summed E-state index contributed by atoms with van der Waals surface area (Å²) in [5, 5.41) is 65.0. The van der Waals surface area contributed by atoms with Gasteiger partial charge in [0.1, 0.15) is 31.0 Å². The van der Waals surface area contributed by atoms with E-state index in [1.807, 2.05) is 19.9 Å². The smallest absolute Gasteiger partial charge is 0.338 e. The molecule has 18 atom stereocenters. The first-order valence-electron chi connectivity index (χ1n) is 25.5. The Morgan fingerprint density at radius 1 is 0.985 bits per heavy atom. The van der Waals surface area contributed by atoms with E-state index in [-0.39, 0.29) is 62.6 Å². The molecule has 7 heterocycles. The van der Waals surface area contributed by atoms with Gasteiger partial charge in [0.05, 0.1) is 49.3 Å². The summed E-state index contributed by atoms with van der Waals surface area (Å²) in [4.78, 5) is 13.1. The fraction of sp³-hybridized carbons (Fsp3) is 0.792. The van der Waals surface area contributed by atoms with Gasteiger partial charge in [-0.15, -0.1) is 0 Å². The second-order valence-electron chi connectivity index (χ2n) is 21.8. The number of esters is 1. The molecular formula is C53H82O15. The summed E-state index contributed by atoms with van der Waals surface area (Å²) in [6, 6.07) is 0. The Labute approximate surface area is 403 Å². The van der Waals surface area contributed by atoms with Crippen molar-refractivity contribution in [2.45, 2.75) is 227 Å². The van der Waals surface area contributed by atoms with E-state index in [1.54, 1.807) is 6.08 Å². The maximum absolute atomic E-state index is 13.1. The molecule has 0 saturated carbocycles. The lowest BCUT2D eigenvalue weighted by Crippen LogP contribution is -2.60. The molecule has 0 aliphatic carbocycles. The molecule has 0 aromatic rings. The Hall–Kier alpha value is -2.35. The van der Waals surface area contributed by atoms with E-state index in [0.29, 0.717) is 74.0 Å². The molecule has 7 aliphatic heterocycles. The molecule has 0 aromatic heterocycles. The highest BCUT2D eigenvalue weighted by molar-refractivity contribution is 5.78. The molecule has 384 valence electrons. The quantitative estimate of drug-likeness (QED) is 0.0739. The topological polar surface area (TPSA) is 212 Å². The van der Waals surface area contributed by atoms with Crippen molar-refractivity contribution in [1.29, 1.82) is 0 Å². The van der Waals surface area contributed by atoms with Crippen molar-refractivity contribution in [1.82, 2.24) is 0 Å². The lowest BCUT2D eigenvalue weighted by atomic mass is 9.79. The van der Waals surface area contributed by atoms with Gasteiger partial charge in [-0.3, -0.25) is 0 Å². The maximum Gasteiger partial charge on any atom is 0.338 e. The van der Waals surface area contributed by atoms with Crippen LogP contribution in [0.1, 0.15) is 137 Å². The van der Waals surface area contributed by atoms with E-state index in [4.69, 9.17) is 43.0 Å². The van der Waals surface area contributed by atoms with E-state index in [2.05, 4.69) is 39.7 Å². The molecule has 7 rings (SSSR count). The summed E-state index contributed by atoms with van der Waals surface area (Å²) < 4.78 is 51.1. The van der Waals surface area contributed by atoms with Gasteiger partial charge >= 0.3 is 5.97 Å². The number of fused-ring (bicyclic) bond motifs is 1. The first-order chi connectivity index (χ1) is 32.2. The highest BCUT2D eigenvalue weighted by Gasteiger charge is 2.55. The van der Waals surface area contributed by atoms with Crippen molar-refractivity contribution in [2.24, 2.45) is 17.8 Å². The fourth-order valence-corrected chi connectivity index (χ4v) is 11.7. The highest BCUT2D eigenvalue weighted by atomic mass is 16.7. The molecule has 0 bridgehead atoms. The summed E-state index contributed by atoms with van der Waals surface area (Å²) >= 11 is 0. The zero-order chi connectivity index (χ0) is 49.2. The van der Waals surface area contributed by atoms with Crippen LogP contribution in [-0.2, 0) is 42.7 Å². The van der Waals surface area contributed by atoms with Gasteiger partial charge in [0.15, 0.2) is 17.2 Å². The van der Waals surface area contributed by atoms with Gasteiger partial charge in [-0.2, -0.15) is 0 Å². The number of aliphatic hydroxyl groups is 6. The fourth-order valence-electron chi connectivity index (χ4n) is 11.7. The zero-order valence-corrected chi connectivity index (χ0v) is 41.2. The van der Waals surface area contributed by atoms with Gasteiger partial charge in [-0.25, -0.2) is 4.79 Å². The predicted octanol–water partition coefficient (Wildman–Crippen LogP) is 5.92. The van der Waals surface area contributed by atoms with Gasteiger partial charge < -0.3 is 68.5 Å². The van der Waals surface area contributed by atoms with Crippen LogP contribution in [0.4, 0.5) is 0 Å². The summed E-state index contributed by atoms with van der Waals surface area (Å²) in [5.41, 5.74) is 0.398. The molecule has 6 fully saturated rings. The van der Waals surface area contributed by atoms with Crippen molar-refractivity contribution in [3.8, 4) is 0 Å². The Balaban J connectivity index is 0.889. The predicted molar refractivity (Wildman–Crippen MR) is 252 cm³/mol. The van der Waals surface area contributed by atoms with E-state index in [1.165, 1.54) is 6.92 Å². The molecule has 68 heavy (non-hydrogen) atoms. The molecule has 0 radical (unpaired) electrons. The third kappa shape index (κ3) is 12.3. The molecule has 15 nitrogen and oxygen atoms in total. The minimum absolute atomic E-state index is 0.0382. The van der Waals surface area contributed by atoms with E-state index >= 15 is 0 Å². The van der Waals surface area contributed by atoms with Gasteiger partial charge in [-0.05, 0) is 113 Å². The van der Waals surface area contributed by atoms with E-state index in [0.717, 1.165) is 44.3 Å². The number of ether oxygens (including phenoxy) is 8. The monoisotopic (exact) mass is 959 g/mol. The maximum atomic E-state index is 13.1. The average Bonchev–Trinajstić information content (AvgIpc) is 3.69. The third-order valence-electron chi connectivity index (χ3n) is 15.7. The van der Waals surface area contributed by atoms with Crippen LogP contribution in [0.25, 0.3) is 0 Å². The number of hydrogen-bond donors (Lipinski definition) is 6. The molecule has 6 N–H and O–H groups in total. The second kappa shape index (κ2) is 22.2. The van der Waals surface area contributed by atoms with Crippen LogP contribution in [0, 0.1) is 17.8 Å². The Kier molecular flexibility index (Phi) is 17.4. The van der Waals surface area contributed by atoms with Gasteiger partial charge in [0, 0.05) is 51.0 Å². The SMILES string of the molecule is C=C(COC(=O)[C@](C)(O)C[C@@H]1CC[C@@H](O)[C@]2(C=C(C)C[C@@H]([C@H](C)/C=C/[C@H]3CC[C@@]4(CC[C@H]5O[C@H]([C@@H](O)C[C@H](C)[C@H]6O[C@@]7(CCCCO7)CC[C@H]6C)C(=C)[C@@H](O)[C@@H]5O4)O3)O2)O1)CC(=C)C(O)CCO. The summed E-state index contributed by atoms with van der Waals surface area (Å²) in [6.45, 7) is 22.0. The number of carbonyl (C=O) groups excluding carboxylic acids is 1. The van der Waals surface area contributed by atoms with Gasteiger partial charge in [-0.1, -0.05) is 58.2 Å². The van der Waals surface area contributed by atoms with E-state index in [9.17, 15) is 30.3 Å². The Bertz CT molecular complexity index is 1840. The molecule has 0 amide bonds. The lowest BCUT2D eigenvalue weighted by molar-refractivity contribution is -0.321. The summed E-state index contributed by atoms with van der Waals surface area (Å²) in [5.74, 6) is -3.48. The molecule has 0 aromatic carbocycles. The molecule has 7 aliphatic rings. The normalized spacial score (nSPS) is 40.3. The third-order valence-corrected chi connectivity index (χ3v) is 15.7. The number of aliphatic hydroxyl groups excluding tert-OH is 5. The molecule has 15 heteroatoms. The van der Waals surface area contributed by atoms with Crippen molar-refractivity contribution >= 4 is 5.97 Å². The van der Waals surface area contributed by atoms with Crippen LogP contribution in [0.5, 0.6) is 0 Å². The first kappa shape index (κ1) is 53.4. The largest absolute Gasteiger partial charge is 0.459 e. The van der Waals surface area contributed by atoms with Crippen molar-refractivity contribution in [3.05, 3.63) is 60.3 Å². The zero-order valence-electron chi connectivity index (χ0n) is 41.2. The highest BCUT2D eigenvalue weighted by Crippen LogP contribution is 2.48. The van der Waals surface area contributed by atoms with Crippen LogP contribution < -0.4 is 0 Å². The molecular weight excluding hydrogens is 877 g/mol. The second-order valence-corrected chi connectivity index (χ2v) is 21.8. The number of carbonyl (C=O) groups is 1.